The van der Waals surface area contributed by atoms with E-state index in [2.05, 4.69) is 38.1 Å². The Morgan fingerprint density at radius 1 is 0.606 bits per heavy atom. The van der Waals surface area contributed by atoms with E-state index in [1.54, 1.807) is 0 Å². The van der Waals surface area contributed by atoms with E-state index in [1.807, 2.05) is 0 Å². The summed E-state index contributed by atoms with van der Waals surface area (Å²) in [4.78, 5) is 0. The first kappa shape index (κ1) is 26.6. The van der Waals surface area contributed by atoms with Crippen molar-refractivity contribution in [3.05, 3.63) is 29.8 Å². The Morgan fingerprint density at radius 2 is 1.15 bits per heavy atom. The molecule has 0 bridgehead atoms. The molecule has 2 fully saturated rings. The number of hydrogen-bond donors (Lipinski definition) is 0. The molecule has 0 saturated heterocycles. The Hall–Kier alpha value is -0.980. The molecule has 33 heavy (non-hydrogen) atoms. The highest BCUT2D eigenvalue weighted by atomic mass is 16.5. The summed E-state index contributed by atoms with van der Waals surface area (Å²) in [6.07, 6.45) is 27.0. The van der Waals surface area contributed by atoms with Gasteiger partial charge in [-0.1, -0.05) is 103 Å². The third-order valence-electron chi connectivity index (χ3n) is 8.95. The minimum Gasteiger partial charge on any atom is -0.494 e. The number of aryl methyl sites for hydroxylation is 1. The molecule has 0 amide bonds. The lowest BCUT2D eigenvalue weighted by Gasteiger charge is -2.38. The molecular formula is C32H54O. The van der Waals surface area contributed by atoms with E-state index in [0.717, 1.165) is 36.0 Å². The van der Waals surface area contributed by atoms with E-state index in [-0.39, 0.29) is 0 Å². The fourth-order valence-electron chi connectivity index (χ4n) is 6.58. The van der Waals surface area contributed by atoms with Gasteiger partial charge in [0.15, 0.2) is 0 Å². The number of hydrogen-bond acceptors (Lipinski definition) is 1. The van der Waals surface area contributed by atoms with Crippen LogP contribution in [0.3, 0.4) is 0 Å². The molecule has 0 N–H and O–H groups in total. The second-order valence-corrected chi connectivity index (χ2v) is 11.5. The van der Waals surface area contributed by atoms with E-state index in [1.165, 1.54) is 128 Å². The predicted octanol–water partition coefficient (Wildman–Crippen LogP) is 10.2. The maximum atomic E-state index is 5.96. The van der Waals surface area contributed by atoms with Crippen molar-refractivity contribution in [3.8, 4) is 5.75 Å². The van der Waals surface area contributed by atoms with E-state index in [0.29, 0.717) is 0 Å². The summed E-state index contributed by atoms with van der Waals surface area (Å²) >= 11 is 0. The summed E-state index contributed by atoms with van der Waals surface area (Å²) in [6.45, 7) is 5.48. The van der Waals surface area contributed by atoms with Crippen LogP contribution in [0, 0.1) is 23.7 Å². The van der Waals surface area contributed by atoms with Crippen molar-refractivity contribution in [1.29, 1.82) is 0 Å². The molecule has 0 spiro atoms. The fourth-order valence-corrected chi connectivity index (χ4v) is 6.58. The van der Waals surface area contributed by atoms with Gasteiger partial charge in [0, 0.05) is 0 Å². The van der Waals surface area contributed by atoms with Gasteiger partial charge in [0.2, 0.25) is 0 Å². The minimum absolute atomic E-state index is 0.870. The van der Waals surface area contributed by atoms with Gasteiger partial charge in [-0.3, -0.25) is 0 Å². The SMILES string of the molecule is CCCCCCCCOc1ccc(CC[C@H]2CC[C@H]([C@H]3CC[C@H](CCCC)CC3)CC2)cc1. The van der Waals surface area contributed by atoms with E-state index < -0.39 is 0 Å². The molecule has 0 unspecified atom stereocenters. The largest absolute Gasteiger partial charge is 0.494 e. The van der Waals surface area contributed by atoms with Gasteiger partial charge in [-0.25, -0.2) is 0 Å². The van der Waals surface area contributed by atoms with E-state index in [9.17, 15) is 0 Å². The summed E-state index contributed by atoms with van der Waals surface area (Å²) in [5.74, 6) is 5.19. The summed E-state index contributed by atoms with van der Waals surface area (Å²) < 4.78 is 5.96. The third kappa shape index (κ3) is 10.0. The van der Waals surface area contributed by atoms with Crippen LogP contribution in [0.5, 0.6) is 5.75 Å². The lowest BCUT2D eigenvalue weighted by atomic mass is 9.68. The van der Waals surface area contributed by atoms with Crippen LogP contribution in [0.2, 0.25) is 0 Å². The summed E-state index contributed by atoms with van der Waals surface area (Å²) in [5, 5.41) is 0. The third-order valence-corrected chi connectivity index (χ3v) is 8.95. The molecule has 0 heterocycles. The van der Waals surface area contributed by atoms with Gasteiger partial charge in [0.25, 0.3) is 0 Å². The van der Waals surface area contributed by atoms with Gasteiger partial charge in [-0.05, 0) is 86.3 Å². The molecule has 0 atom stereocenters. The van der Waals surface area contributed by atoms with Gasteiger partial charge >= 0.3 is 0 Å². The van der Waals surface area contributed by atoms with Gasteiger partial charge in [0.05, 0.1) is 6.61 Å². The molecule has 0 radical (unpaired) electrons. The highest BCUT2D eigenvalue weighted by Crippen LogP contribution is 2.43. The standard InChI is InChI=1S/C32H54O/c1-3-5-7-8-9-10-26-33-32-24-18-29(19-25-32)13-12-28-16-22-31(23-17-28)30-20-14-27(15-21-30)11-6-4-2/h18-19,24-25,27-28,30-31H,3-17,20-23,26H2,1-2H3/t27-,28-,30-,31-. The lowest BCUT2D eigenvalue weighted by Crippen LogP contribution is -2.26. The maximum Gasteiger partial charge on any atom is 0.119 e. The quantitative estimate of drug-likeness (QED) is 0.239. The Kier molecular flexibility index (Phi) is 12.8. The van der Waals surface area contributed by atoms with Crippen molar-refractivity contribution >= 4 is 0 Å². The van der Waals surface area contributed by atoms with Crippen molar-refractivity contribution in [2.24, 2.45) is 23.7 Å². The number of rotatable bonds is 15. The molecule has 2 aliphatic rings. The predicted molar refractivity (Wildman–Crippen MR) is 144 cm³/mol. The molecule has 0 aliphatic heterocycles. The molecule has 0 aromatic heterocycles. The van der Waals surface area contributed by atoms with Gasteiger partial charge in [-0.15, -0.1) is 0 Å². The Bertz CT molecular complexity index is 589. The van der Waals surface area contributed by atoms with Crippen LogP contribution in [0.1, 0.15) is 135 Å². The number of benzene rings is 1. The van der Waals surface area contributed by atoms with Crippen LogP contribution in [0.4, 0.5) is 0 Å². The zero-order chi connectivity index (χ0) is 23.1. The molecule has 1 aromatic carbocycles. The Balaban J connectivity index is 1.25. The summed E-state index contributed by atoms with van der Waals surface area (Å²) in [6, 6.07) is 9.00. The van der Waals surface area contributed by atoms with Crippen LogP contribution in [-0.4, -0.2) is 6.61 Å². The normalized spacial score (nSPS) is 25.8. The molecule has 1 heteroatoms. The minimum atomic E-state index is 0.870. The van der Waals surface area contributed by atoms with E-state index in [4.69, 9.17) is 4.74 Å². The van der Waals surface area contributed by atoms with Gasteiger partial charge in [-0.2, -0.15) is 0 Å². The van der Waals surface area contributed by atoms with Crippen LogP contribution in [0.25, 0.3) is 0 Å². The Morgan fingerprint density at radius 3 is 1.76 bits per heavy atom. The average molecular weight is 455 g/mol. The van der Waals surface area contributed by atoms with Crippen molar-refractivity contribution in [3.63, 3.8) is 0 Å². The second kappa shape index (κ2) is 15.8. The first-order valence-corrected chi connectivity index (χ1v) is 15.0. The molecular weight excluding hydrogens is 400 g/mol. The Labute approximate surface area is 206 Å². The molecule has 1 nitrogen and oxygen atoms in total. The number of ether oxygens (including phenoxy) is 1. The van der Waals surface area contributed by atoms with Crippen LogP contribution in [0.15, 0.2) is 24.3 Å². The summed E-state index contributed by atoms with van der Waals surface area (Å²) in [7, 11) is 0. The zero-order valence-corrected chi connectivity index (χ0v) is 22.2. The van der Waals surface area contributed by atoms with Crippen molar-refractivity contribution in [2.75, 3.05) is 6.61 Å². The van der Waals surface area contributed by atoms with Gasteiger partial charge < -0.3 is 4.74 Å². The first-order chi connectivity index (χ1) is 16.3. The van der Waals surface area contributed by atoms with Crippen molar-refractivity contribution in [1.82, 2.24) is 0 Å². The van der Waals surface area contributed by atoms with Crippen LogP contribution < -0.4 is 4.74 Å². The number of unbranched alkanes of at least 4 members (excludes halogenated alkanes) is 6. The van der Waals surface area contributed by atoms with Gasteiger partial charge in [0.1, 0.15) is 5.75 Å². The monoisotopic (exact) mass is 454 g/mol. The molecule has 188 valence electrons. The van der Waals surface area contributed by atoms with Crippen LogP contribution in [-0.2, 0) is 6.42 Å². The lowest BCUT2D eigenvalue weighted by molar-refractivity contribution is 0.140. The summed E-state index contributed by atoms with van der Waals surface area (Å²) in [5.41, 5.74) is 1.49. The zero-order valence-electron chi connectivity index (χ0n) is 22.2. The molecule has 3 rings (SSSR count). The topological polar surface area (TPSA) is 9.23 Å². The molecule has 1 aromatic rings. The molecule has 2 aliphatic carbocycles. The highest BCUT2D eigenvalue weighted by Gasteiger charge is 2.30. The van der Waals surface area contributed by atoms with E-state index >= 15 is 0 Å². The average Bonchev–Trinajstić information content (AvgIpc) is 2.87. The molecule has 2 saturated carbocycles. The van der Waals surface area contributed by atoms with Crippen LogP contribution >= 0.6 is 0 Å². The van der Waals surface area contributed by atoms with Crippen molar-refractivity contribution < 1.29 is 4.74 Å². The second-order valence-electron chi connectivity index (χ2n) is 11.5. The fraction of sp³-hybridized carbons (Fsp3) is 0.812. The maximum absolute atomic E-state index is 5.96. The van der Waals surface area contributed by atoms with Crippen molar-refractivity contribution in [2.45, 2.75) is 136 Å². The smallest absolute Gasteiger partial charge is 0.119 e. The highest BCUT2D eigenvalue weighted by molar-refractivity contribution is 5.27. The first-order valence-electron chi connectivity index (χ1n) is 15.0.